The number of benzene rings is 2. The van der Waals surface area contributed by atoms with Crippen LogP contribution in [0.15, 0.2) is 54.7 Å². The Bertz CT molecular complexity index is 1030. The van der Waals surface area contributed by atoms with Gasteiger partial charge in [0, 0.05) is 35.4 Å². The number of amides is 1. The fourth-order valence-corrected chi connectivity index (χ4v) is 3.12. The Hall–Kier alpha value is -2.96. The van der Waals surface area contributed by atoms with Crippen LogP contribution in [0.1, 0.15) is 27.0 Å². The first-order valence-corrected chi connectivity index (χ1v) is 9.50. The third-order valence-corrected chi connectivity index (χ3v) is 4.71. The number of aliphatic hydroxyl groups excluding tert-OH is 1. The van der Waals surface area contributed by atoms with Crippen LogP contribution in [0.4, 0.5) is 15.9 Å². The van der Waals surface area contributed by atoms with E-state index in [0.29, 0.717) is 28.4 Å². The molecule has 0 radical (unpaired) electrons. The molecule has 0 fully saturated rings. The van der Waals surface area contributed by atoms with E-state index in [4.69, 9.17) is 16.7 Å². The van der Waals surface area contributed by atoms with Crippen molar-refractivity contribution in [1.82, 2.24) is 10.3 Å². The minimum Gasteiger partial charge on any atom is -0.395 e. The van der Waals surface area contributed by atoms with Gasteiger partial charge in [0.25, 0.3) is 5.91 Å². The Morgan fingerprint density at radius 2 is 2.03 bits per heavy atom. The fourth-order valence-electron chi connectivity index (χ4n) is 2.96. The number of anilines is 2. The molecule has 7 heteroatoms. The first-order chi connectivity index (χ1) is 14.0. The van der Waals surface area contributed by atoms with Gasteiger partial charge in [-0.25, -0.2) is 9.37 Å². The Kier molecular flexibility index (Phi) is 6.80. The van der Waals surface area contributed by atoms with Crippen molar-refractivity contribution in [2.45, 2.75) is 13.3 Å². The predicted octanol–water partition coefficient (Wildman–Crippen LogP) is 4.24. The molecule has 0 aliphatic carbocycles. The number of hydrogen-bond donors (Lipinski definition) is 3. The second-order valence-electron chi connectivity index (χ2n) is 6.54. The average molecular weight is 414 g/mol. The van der Waals surface area contributed by atoms with Gasteiger partial charge < -0.3 is 15.7 Å². The van der Waals surface area contributed by atoms with Crippen molar-refractivity contribution in [3.63, 3.8) is 0 Å². The highest BCUT2D eigenvalue weighted by atomic mass is 35.5. The van der Waals surface area contributed by atoms with E-state index in [1.54, 1.807) is 30.5 Å². The van der Waals surface area contributed by atoms with E-state index in [1.807, 2.05) is 25.1 Å². The molecular weight excluding hydrogens is 393 g/mol. The summed E-state index contributed by atoms with van der Waals surface area (Å²) in [4.78, 5) is 16.6. The van der Waals surface area contributed by atoms with Crippen molar-refractivity contribution >= 4 is 29.0 Å². The molecule has 1 amide bonds. The van der Waals surface area contributed by atoms with Crippen LogP contribution in [0.2, 0.25) is 5.02 Å². The second-order valence-corrected chi connectivity index (χ2v) is 6.98. The molecule has 3 rings (SSSR count). The van der Waals surface area contributed by atoms with Gasteiger partial charge in [0.2, 0.25) is 0 Å². The molecule has 1 aromatic heterocycles. The SMILES string of the molecule is Cc1c(Nc2cc(Cc3ccc(Cl)cc3F)ccn2)cccc1C(=O)NCCO. The zero-order valence-electron chi connectivity index (χ0n) is 15.9. The monoisotopic (exact) mass is 413 g/mol. The Morgan fingerprint density at radius 1 is 1.21 bits per heavy atom. The quantitative estimate of drug-likeness (QED) is 0.541. The van der Waals surface area contributed by atoms with Crippen molar-refractivity contribution in [1.29, 1.82) is 0 Å². The molecule has 150 valence electrons. The Balaban J connectivity index is 1.79. The van der Waals surface area contributed by atoms with Gasteiger partial charge in [-0.15, -0.1) is 0 Å². The normalized spacial score (nSPS) is 10.6. The van der Waals surface area contributed by atoms with E-state index in [-0.39, 0.29) is 24.9 Å². The van der Waals surface area contributed by atoms with Crippen molar-refractivity contribution < 1.29 is 14.3 Å². The second kappa shape index (κ2) is 9.49. The number of carbonyl (C=O) groups is 1. The van der Waals surface area contributed by atoms with Crippen molar-refractivity contribution in [2.24, 2.45) is 0 Å². The predicted molar refractivity (Wildman–Crippen MR) is 112 cm³/mol. The van der Waals surface area contributed by atoms with Crippen molar-refractivity contribution in [2.75, 3.05) is 18.5 Å². The molecule has 0 unspecified atom stereocenters. The molecular formula is C22H21ClFN3O2. The molecule has 3 aromatic rings. The van der Waals surface area contributed by atoms with Crippen LogP contribution in [0.3, 0.4) is 0 Å². The minimum atomic E-state index is -0.346. The van der Waals surface area contributed by atoms with E-state index in [0.717, 1.165) is 16.8 Å². The number of carbonyl (C=O) groups excluding carboxylic acids is 1. The summed E-state index contributed by atoms with van der Waals surface area (Å²) >= 11 is 5.81. The molecule has 0 aliphatic rings. The first kappa shape index (κ1) is 20.8. The maximum atomic E-state index is 14.1. The number of aliphatic hydroxyl groups is 1. The molecule has 0 saturated carbocycles. The average Bonchev–Trinajstić information content (AvgIpc) is 2.70. The van der Waals surface area contributed by atoms with Gasteiger partial charge in [-0.05, 0) is 60.0 Å². The highest BCUT2D eigenvalue weighted by Gasteiger charge is 2.12. The number of rotatable bonds is 7. The van der Waals surface area contributed by atoms with E-state index < -0.39 is 0 Å². The number of halogens is 2. The van der Waals surface area contributed by atoms with Gasteiger partial charge in [0.1, 0.15) is 11.6 Å². The summed E-state index contributed by atoms with van der Waals surface area (Å²) in [6.45, 7) is 1.91. The summed E-state index contributed by atoms with van der Waals surface area (Å²) < 4.78 is 14.1. The Morgan fingerprint density at radius 3 is 2.79 bits per heavy atom. The summed E-state index contributed by atoms with van der Waals surface area (Å²) in [5.41, 5.74) is 3.45. The van der Waals surface area contributed by atoms with E-state index in [9.17, 15) is 9.18 Å². The highest BCUT2D eigenvalue weighted by Crippen LogP contribution is 2.24. The maximum Gasteiger partial charge on any atom is 0.251 e. The van der Waals surface area contributed by atoms with Gasteiger partial charge in [-0.3, -0.25) is 4.79 Å². The zero-order valence-corrected chi connectivity index (χ0v) is 16.6. The number of hydrogen-bond acceptors (Lipinski definition) is 4. The lowest BCUT2D eigenvalue weighted by atomic mass is 10.0. The number of aromatic nitrogens is 1. The van der Waals surface area contributed by atoms with Crippen molar-refractivity contribution in [3.8, 4) is 0 Å². The van der Waals surface area contributed by atoms with E-state index >= 15 is 0 Å². The fraction of sp³-hybridized carbons (Fsp3) is 0.182. The third kappa shape index (κ3) is 5.31. The lowest BCUT2D eigenvalue weighted by molar-refractivity contribution is 0.0944. The largest absolute Gasteiger partial charge is 0.395 e. The summed E-state index contributed by atoms with van der Waals surface area (Å²) in [7, 11) is 0. The van der Waals surface area contributed by atoms with E-state index in [2.05, 4.69) is 15.6 Å². The van der Waals surface area contributed by atoms with Crippen LogP contribution in [-0.4, -0.2) is 29.1 Å². The van der Waals surface area contributed by atoms with Gasteiger partial charge in [0.15, 0.2) is 0 Å². The molecule has 0 aliphatic heterocycles. The van der Waals surface area contributed by atoms with Gasteiger partial charge in [-0.2, -0.15) is 0 Å². The molecule has 5 nitrogen and oxygen atoms in total. The lowest BCUT2D eigenvalue weighted by Crippen LogP contribution is -2.27. The zero-order chi connectivity index (χ0) is 20.8. The molecule has 0 saturated heterocycles. The van der Waals surface area contributed by atoms with Gasteiger partial charge in [0.05, 0.1) is 6.61 Å². The smallest absolute Gasteiger partial charge is 0.251 e. The summed E-state index contributed by atoms with van der Waals surface area (Å²) in [6, 6.07) is 13.6. The molecule has 0 bridgehead atoms. The number of nitrogens with one attached hydrogen (secondary N) is 2. The van der Waals surface area contributed by atoms with Gasteiger partial charge >= 0.3 is 0 Å². The molecule has 1 heterocycles. The standard InChI is InChI=1S/C22H21ClFN3O2/c1-14-18(22(29)26-9-10-28)3-2-4-20(14)27-21-12-15(7-8-25-21)11-16-5-6-17(23)13-19(16)24/h2-8,12-13,28H,9-11H2,1H3,(H,25,27)(H,26,29). The van der Waals surface area contributed by atoms with Crippen LogP contribution >= 0.6 is 11.6 Å². The highest BCUT2D eigenvalue weighted by molar-refractivity contribution is 6.30. The topological polar surface area (TPSA) is 74.2 Å². The van der Waals surface area contributed by atoms with E-state index in [1.165, 1.54) is 6.07 Å². The molecule has 29 heavy (non-hydrogen) atoms. The van der Waals surface area contributed by atoms with Crippen LogP contribution in [0, 0.1) is 12.7 Å². The maximum absolute atomic E-state index is 14.1. The van der Waals surface area contributed by atoms with Crippen LogP contribution in [0.5, 0.6) is 0 Å². The van der Waals surface area contributed by atoms with Crippen LogP contribution < -0.4 is 10.6 Å². The molecule has 2 aromatic carbocycles. The van der Waals surface area contributed by atoms with Crippen LogP contribution in [-0.2, 0) is 6.42 Å². The van der Waals surface area contributed by atoms with Crippen LogP contribution in [0.25, 0.3) is 0 Å². The first-order valence-electron chi connectivity index (χ1n) is 9.12. The Labute approximate surface area is 173 Å². The van der Waals surface area contributed by atoms with Crippen molar-refractivity contribution in [3.05, 3.63) is 87.8 Å². The molecule has 0 atom stereocenters. The summed E-state index contributed by atoms with van der Waals surface area (Å²) in [5.74, 6) is -0.00531. The number of pyridine rings is 1. The van der Waals surface area contributed by atoms with Gasteiger partial charge in [-0.1, -0.05) is 23.7 Å². The minimum absolute atomic E-state index is 0.117. The third-order valence-electron chi connectivity index (χ3n) is 4.47. The number of nitrogens with zero attached hydrogens (tertiary/aromatic N) is 1. The molecule has 3 N–H and O–H groups in total. The summed E-state index contributed by atoms with van der Waals surface area (Å²) in [6.07, 6.45) is 2.06. The summed E-state index contributed by atoms with van der Waals surface area (Å²) in [5, 5.41) is 15.1. The lowest BCUT2D eigenvalue weighted by Gasteiger charge is -2.13. The molecule has 0 spiro atoms.